The Labute approximate surface area is 159 Å². The molecule has 0 saturated carbocycles. The molecule has 0 unspecified atom stereocenters. The van der Waals surface area contributed by atoms with Crippen molar-refractivity contribution in [2.24, 2.45) is 0 Å². The zero-order chi connectivity index (χ0) is 17.8. The smallest absolute Gasteiger partial charge is 0.257 e. The number of benzene rings is 2. The van der Waals surface area contributed by atoms with Gasteiger partial charge in [0.25, 0.3) is 5.91 Å². The number of nitrogens with one attached hydrogen (secondary N) is 1. The maximum atomic E-state index is 12.4. The molecule has 3 aromatic rings. The van der Waals surface area contributed by atoms with Gasteiger partial charge in [-0.05, 0) is 64.7 Å². The van der Waals surface area contributed by atoms with Gasteiger partial charge in [-0.3, -0.25) is 10.1 Å². The Balaban J connectivity index is 1.77. The van der Waals surface area contributed by atoms with Gasteiger partial charge in [0.05, 0.1) is 21.8 Å². The van der Waals surface area contributed by atoms with Crippen molar-refractivity contribution in [2.75, 3.05) is 12.4 Å². The van der Waals surface area contributed by atoms with Gasteiger partial charge < -0.3 is 4.74 Å². The summed E-state index contributed by atoms with van der Waals surface area (Å²) in [7, 11) is 1.59. The van der Waals surface area contributed by atoms with E-state index in [1.165, 1.54) is 29.7 Å². The Bertz CT molecular complexity index is 908. The molecular formula is C19H19BrN2O2S. The number of carbonyl (C=O) groups is 1. The number of hydrogen-bond donors (Lipinski definition) is 1. The van der Waals surface area contributed by atoms with Gasteiger partial charge in [-0.1, -0.05) is 30.7 Å². The van der Waals surface area contributed by atoms with E-state index in [0.717, 1.165) is 21.1 Å². The Kier molecular flexibility index (Phi) is 5.71. The summed E-state index contributed by atoms with van der Waals surface area (Å²) in [6.45, 7) is 2.19. The molecule has 0 radical (unpaired) electrons. The van der Waals surface area contributed by atoms with Gasteiger partial charge >= 0.3 is 0 Å². The Morgan fingerprint density at radius 2 is 2.12 bits per heavy atom. The normalized spacial score (nSPS) is 10.8. The number of fused-ring (bicyclic) bond motifs is 1. The fraction of sp³-hybridized carbons (Fsp3) is 0.263. The fourth-order valence-electron chi connectivity index (χ4n) is 2.54. The highest BCUT2D eigenvalue weighted by Gasteiger charge is 2.12. The van der Waals surface area contributed by atoms with E-state index in [1.54, 1.807) is 25.3 Å². The molecule has 0 saturated heterocycles. The summed E-state index contributed by atoms with van der Waals surface area (Å²) < 4.78 is 7.03. The molecule has 6 heteroatoms. The van der Waals surface area contributed by atoms with E-state index in [4.69, 9.17) is 4.74 Å². The number of carbonyl (C=O) groups excluding carboxylic acids is 1. The highest BCUT2D eigenvalue weighted by molar-refractivity contribution is 9.10. The Hall–Kier alpha value is -1.92. The first-order valence-electron chi connectivity index (χ1n) is 8.15. The lowest BCUT2D eigenvalue weighted by Crippen LogP contribution is -2.11. The van der Waals surface area contributed by atoms with Crippen molar-refractivity contribution in [1.82, 2.24) is 4.98 Å². The number of thiazole rings is 1. The number of hydrogen-bond acceptors (Lipinski definition) is 4. The zero-order valence-corrected chi connectivity index (χ0v) is 16.5. The molecule has 1 N–H and O–H groups in total. The van der Waals surface area contributed by atoms with Crippen molar-refractivity contribution in [3.8, 4) is 5.75 Å². The minimum absolute atomic E-state index is 0.186. The third-order valence-electron chi connectivity index (χ3n) is 3.91. The maximum absolute atomic E-state index is 12.4. The molecule has 0 aliphatic rings. The molecule has 0 atom stereocenters. The number of ether oxygens (including phenoxy) is 1. The molecule has 0 aliphatic carbocycles. The van der Waals surface area contributed by atoms with Gasteiger partial charge in [0, 0.05) is 5.56 Å². The van der Waals surface area contributed by atoms with E-state index in [9.17, 15) is 4.79 Å². The van der Waals surface area contributed by atoms with Crippen LogP contribution in [-0.4, -0.2) is 18.0 Å². The Morgan fingerprint density at radius 1 is 1.28 bits per heavy atom. The van der Waals surface area contributed by atoms with Gasteiger partial charge in [-0.2, -0.15) is 0 Å². The topological polar surface area (TPSA) is 51.2 Å². The van der Waals surface area contributed by atoms with Gasteiger partial charge in [-0.15, -0.1) is 0 Å². The average Bonchev–Trinajstić information content (AvgIpc) is 3.01. The third-order valence-corrected chi connectivity index (χ3v) is 5.46. The van der Waals surface area contributed by atoms with E-state index in [-0.39, 0.29) is 5.91 Å². The quantitative estimate of drug-likeness (QED) is 0.561. The van der Waals surface area contributed by atoms with Crippen molar-refractivity contribution < 1.29 is 9.53 Å². The lowest BCUT2D eigenvalue weighted by Gasteiger charge is -2.05. The molecule has 25 heavy (non-hydrogen) atoms. The predicted molar refractivity (Wildman–Crippen MR) is 107 cm³/mol. The van der Waals surface area contributed by atoms with Crippen molar-refractivity contribution in [3.05, 3.63) is 52.0 Å². The Morgan fingerprint density at radius 3 is 2.84 bits per heavy atom. The van der Waals surface area contributed by atoms with Crippen LogP contribution in [0.5, 0.6) is 5.75 Å². The molecule has 130 valence electrons. The van der Waals surface area contributed by atoms with E-state index in [2.05, 4.69) is 45.3 Å². The molecule has 3 rings (SSSR count). The number of amides is 1. The maximum Gasteiger partial charge on any atom is 0.257 e. The largest absolute Gasteiger partial charge is 0.496 e. The summed E-state index contributed by atoms with van der Waals surface area (Å²) in [5.74, 6) is 0.504. The monoisotopic (exact) mass is 418 g/mol. The molecule has 1 heterocycles. The molecule has 2 aromatic carbocycles. The molecule has 0 aliphatic heterocycles. The number of anilines is 1. The number of methoxy groups -OCH3 is 1. The first-order chi connectivity index (χ1) is 12.1. The van der Waals surface area contributed by atoms with Crippen molar-refractivity contribution >= 4 is 48.5 Å². The first kappa shape index (κ1) is 17.9. The fourth-order valence-corrected chi connectivity index (χ4v) is 4.00. The summed E-state index contributed by atoms with van der Waals surface area (Å²) in [5.41, 5.74) is 2.78. The van der Waals surface area contributed by atoms with Crippen LogP contribution in [0, 0.1) is 0 Å². The van der Waals surface area contributed by atoms with Crippen molar-refractivity contribution in [1.29, 1.82) is 0 Å². The predicted octanol–water partition coefficient (Wildman–Crippen LogP) is 5.66. The molecule has 1 aromatic heterocycles. The summed E-state index contributed by atoms with van der Waals surface area (Å²) in [4.78, 5) is 17.0. The van der Waals surface area contributed by atoms with Gasteiger partial charge in [-0.25, -0.2) is 4.98 Å². The summed E-state index contributed by atoms with van der Waals surface area (Å²) in [6, 6.07) is 11.5. The SMILES string of the molecule is CCCCc1ccc2nc(NC(=O)c3ccc(OC)c(Br)c3)sc2c1. The molecule has 0 spiro atoms. The molecule has 1 amide bonds. The third kappa shape index (κ3) is 4.19. The summed E-state index contributed by atoms with van der Waals surface area (Å²) >= 11 is 4.90. The van der Waals surface area contributed by atoms with Crippen LogP contribution in [0.1, 0.15) is 35.7 Å². The average molecular weight is 419 g/mol. The first-order valence-corrected chi connectivity index (χ1v) is 9.76. The van der Waals surface area contributed by atoms with Gasteiger partial charge in [0.15, 0.2) is 5.13 Å². The number of aryl methyl sites for hydroxylation is 1. The molecule has 0 fully saturated rings. The highest BCUT2D eigenvalue weighted by atomic mass is 79.9. The van der Waals surface area contributed by atoms with Crippen LogP contribution in [-0.2, 0) is 6.42 Å². The minimum Gasteiger partial charge on any atom is -0.496 e. The summed E-state index contributed by atoms with van der Waals surface area (Å²) in [6.07, 6.45) is 3.44. The van der Waals surface area contributed by atoms with E-state index in [0.29, 0.717) is 16.4 Å². The second-order valence-electron chi connectivity index (χ2n) is 5.73. The van der Waals surface area contributed by atoms with E-state index >= 15 is 0 Å². The lowest BCUT2D eigenvalue weighted by molar-refractivity contribution is 0.102. The van der Waals surface area contributed by atoms with Crippen LogP contribution in [0.3, 0.4) is 0 Å². The standard InChI is InChI=1S/C19H19BrN2O2S/c1-3-4-5-12-6-8-15-17(10-12)25-19(21-15)22-18(23)13-7-9-16(24-2)14(20)11-13/h6-11H,3-5H2,1-2H3,(H,21,22,23). The van der Waals surface area contributed by atoms with E-state index in [1.807, 2.05) is 6.07 Å². The van der Waals surface area contributed by atoms with Crippen LogP contribution in [0.4, 0.5) is 5.13 Å². The zero-order valence-electron chi connectivity index (χ0n) is 14.1. The number of rotatable bonds is 6. The number of nitrogens with zero attached hydrogens (tertiary/aromatic N) is 1. The van der Waals surface area contributed by atoms with Crippen LogP contribution in [0.2, 0.25) is 0 Å². The van der Waals surface area contributed by atoms with Gasteiger partial charge in [0.2, 0.25) is 0 Å². The van der Waals surface area contributed by atoms with Crippen LogP contribution < -0.4 is 10.1 Å². The van der Waals surface area contributed by atoms with Crippen molar-refractivity contribution in [3.63, 3.8) is 0 Å². The van der Waals surface area contributed by atoms with Crippen LogP contribution >= 0.6 is 27.3 Å². The lowest BCUT2D eigenvalue weighted by atomic mass is 10.1. The number of halogens is 1. The van der Waals surface area contributed by atoms with Gasteiger partial charge in [0.1, 0.15) is 5.75 Å². The highest BCUT2D eigenvalue weighted by Crippen LogP contribution is 2.29. The second-order valence-corrected chi connectivity index (χ2v) is 7.61. The molecule has 0 bridgehead atoms. The minimum atomic E-state index is -0.186. The van der Waals surface area contributed by atoms with Crippen molar-refractivity contribution in [2.45, 2.75) is 26.2 Å². The molecular weight excluding hydrogens is 400 g/mol. The van der Waals surface area contributed by atoms with Crippen LogP contribution in [0.15, 0.2) is 40.9 Å². The number of aromatic nitrogens is 1. The number of unbranched alkanes of at least 4 members (excludes halogenated alkanes) is 1. The van der Waals surface area contributed by atoms with E-state index < -0.39 is 0 Å². The second kappa shape index (κ2) is 7.97. The summed E-state index contributed by atoms with van der Waals surface area (Å²) in [5, 5.41) is 3.49. The van der Waals surface area contributed by atoms with Crippen LogP contribution in [0.25, 0.3) is 10.2 Å². The molecule has 4 nitrogen and oxygen atoms in total.